The second kappa shape index (κ2) is 10.0. The number of ether oxygens (including phenoxy) is 1. The summed E-state index contributed by atoms with van der Waals surface area (Å²) in [6.45, 7) is 4.10. The number of alkyl halides is 2. The Balaban J connectivity index is 1.62. The van der Waals surface area contributed by atoms with Crippen molar-refractivity contribution in [2.24, 2.45) is 0 Å². The van der Waals surface area contributed by atoms with Gasteiger partial charge in [-0.3, -0.25) is 14.5 Å². The molecule has 3 rings (SSSR count). The van der Waals surface area contributed by atoms with Gasteiger partial charge in [0.25, 0.3) is 5.92 Å². The zero-order valence-corrected chi connectivity index (χ0v) is 17.8. The van der Waals surface area contributed by atoms with Gasteiger partial charge in [0.1, 0.15) is 12.4 Å². The van der Waals surface area contributed by atoms with Crippen LogP contribution in [0.25, 0.3) is 0 Å². The SMILES string of the molecule is CC(=O)c1ccc([C@H](C)NC(=O)[C@@H]2CC(F)(F)CCN2CCOc2ccccc2)cc1. The van der Waals surface area contributed by atoms with Crippen LogP contribution >= 0.6 is 0 Å². The summed E-state index contributed by atoms with van der Waals surface area (Å²) in [5, 5.41) is 2.85. The minimum atomic E-state index is -2.87. The number of hydrogen-bond acceptors (Lipinski definition) is 4. The van der Waals surface area contributed by atoms with Gasteiger partial charge in [0.15, 0.2) is 5.78 Å². The average molecular weight is 430 g/mol. The minimum Gasteiger partial charge on any atom is -0.492 e. The number of hydrogen-bond donors (Lipinski definition) is 1. The van der Waals surface area contributed by atoms with Crippen LogP contribution in [-0.2, 0) is 4.79 Å². The number of carbonyl (C=O) groups is 2. The Morgan fingerprint density at radius 1 is 1.16 bits per heavy atom. The number of likely N-dealkylation sites (tertiary alicyclic amines) is 1. The molecular weight excluding hydrogens is 402 g/mol. The quantitative estimate of drug-likeness (QED) is 0.637. The second-order valence-electron chi connectivity index (χ2n) is 7.93. The first-order valence-corrected chi connectivity index (χ1v) is 10.5. The van der Waals surface area contributed by atoms with Crippen molar-refractivity contribution in [1.82, 2.24) is 10.2 Å². The third kappa shape index (κ3) is 6.34. The molecule has 1 aliphatic rings. The van der Waals surface area contributed by atoms with E-state index in [-0.39, 0.29) is 24.8 Å². The predicted octanol–water partition coefficient (Wildman–Crippen LogP) is 4.25. The van der Waals surface area contributed by atoms with E-state index in [1.54, 1.807) is 36.1 Å². The second-order valence-corrected chi connectivity index (χ2v) is 7.93. The third-order valence-electron chi connectivity index (χ3n) is 5.57. The van der Waals surface area contributed by atoms with Crippen molar-refractivity contribution >= 4 is 11.7 Å². The van der Waals surface area contributed by atoms with Crippen LogP contribution in [0, 0.1) is 0 Å². The molecule has 1 N–H and O–H groups in total. The molecule has 2 aromatic carbocycles. The lowest BCUT2D eigenvalue weighted by molar-refractivity contribution is -0.138. The number of halogens is 2. The summed E-state index contributed by atoms with van der Waals surface area (Å²) < 4.78 is 33.9. The van der Waals surface area contributed by atoms with Gasteiger partial charge in [-0.15, -0.1) is 0 Å². The molecule has 1 saturated heterocycles. The highest BCUT2D eigenvalue weighted by Crippen LogP contribution is 2.32. The van der Waals surface area contributed by atoms with E-state index in [1.165, 1.54) is 6.92 Å². The first kappa shape index (κ1) is 22.9. The van der Waals surface area contributed by atoms with Gasteiger partial charge >= 0.3 is 0 Å². The average Bonchev–Trinajstić information content (AvgIpc) is 2.75. The molecule has 2 aromatic rings. The summed E-state index contributed by atoms with van der Waals surface area (Å²) in [7, 11) is 0. The van der Waals surface area contributed by atoms with E-state index in [4.69, 9.17) is 4.74 Å². The molecule has 166 valence electrons. The number of para-hydroxylation sites is 1. The van der Waals surface area contributed by atoms with Gasteiger partial charge in [0.05, 0.1) is 12.1 Å². The molecule has 5 nitrogen and oxygen atoms in total. The summed E-state index contributed by atoms with van der Waals surface area (Å²) in [4.78, 5) is 26.1. The fourth-order valence-corrected chi connectivity index (χ4v) is 3.70. The number of Topliss-reactive ketones (excluding diaryl/α,β-unsaturated/α-hetero) is 1. The molecule has 0 saturated carbocycles. The number of benzene rings is 2. The fourth-order valence-electron chi connectivity index (χ4n) is 3.70. The molecule has 1 heterocycles. The van der Waals surface area contributed by atoms with Crippen LogP contribution < -0.4 is 10.1 Å². The molecule has 1 aliphatic heterocycles. The topological polar surface area (TPSA) is 58.6 Å². The van der Waals surface area contributed by atoms with Crippen molar-refractivity contribution in [3.63, 3.8) is 0 Å². The molecule has 0 bridgehead atoms. The Morgan fingerprint density at radius 2 is 1.84 bits per heavy atom. The molecule has 0 aliphatic carbocycles. The van der Waals surface area contributed by atoms with Crippen molar-refractivity contribution in [3.8, 4) is 5.75 Å². The molecule has 0 aromatic heterocycles. The summed E-state index contributed by atoms with van der Waals surface area (Å²) in [6, 6.07) is 14.9. The summed E-state index contributed by atoms with van der Waals surface area (Å²) in [5.74, 6) is -2.64. The van der Waals surface area contributed by atoms with Gasteiger partial charge in [-0.25, -0.2) is 8.78 Å². The van der Waals surface area contributed by atoms with Gasteiger partial charge in [-0.1, -0.05) is 42.5 Å². The van der Waals surface area contributed by atoms with E-state index < -0.39 is 24.3 Å². The van der Waals surface area contributed by atoms with E-state index in [0.29, 0.717) is 24.5 Å². The predicted molar refractivity (Wildman–Crippen MR) is 114 cm³/mol. The Hall–Kier alpha value is -2.80. The number of amides is 1. The maximum absolute atomic E-state index is 14.1. The number of nitrogens with zero attached hydrogens (tertiary/aromatic N) is 1. The summed E-state index contributed by atoms with van der Waals surface area (Å²) >= 11 is 0. The van der Waals surface area contributed by atoms with Crippen LogP contribution in [0.1, 0.15) is 48.7 Å². The molecule has 0 spiro atoms. The molecule has 0 radical (unpaired) electrons. The Kier molecular flexibility index (Phi) is 7.38. The Bertz CT molecular complexity index is 887. The summed E-state index contributed by atoms with van der Waals surface area (Å²) in [6.07, 6.45) is -0.787. The van der Waals surface area contributed by atoms with Gasteiger partial charge in [-0.2, -0.15) is 0 Å². The number of ketones is 1. The van der Waals surface area contributed by atoms with Crippen molar-refractivity contribution in [2.75, 3.05) is 19.7 Å². The zero-order chi connectivity index (χ0) is 22.4. The van der Waals surface area contributed by atoms with Crippen molar-refractivity contribution in [1.29, 1.82) is 0 Å². The van der Waals surface area contributed by atoms with Crippen LogP contribution in [0.4, 0.5) is 8.78 Å². The summed E-state index contributed by atoms with van der Waals surface area (Å²) in [5.41, 5.74) is 1.39. The number of carbonyl (C=O) groups excluding carboxylic acids is 2. The lowest BCUT2D eigenvalue weighted by Gasteiger charge is -2.38. The first-order chi connectivity index (χ1) is 14.7. The van der Waals surface area contributed by atoms with Gasteiger partial charge in [-0.05, 0) is 31.5 Å². The highest BCUT2D eigenvalue weighted by molar-refractivity contribution is 5.94. The first-order valence-electron chi connectivity index (χ1n) is 10.5. The van der Waals surface area contributed by atoms with E-state index in [1.807, 2.05) is 30.3 Å². The molecule has 1 fully saturated rings. The molecule has 2 atom stereocenters. The maximum Gasteiger partial charge on any atom is 0.251 e. The number of nitrogens with one attached hydrogen (secondary N) is 1. The minimum absolute atomic E-state index is 0.0407. The molecule has 7 heteroatoms. The van der Waals surface area contributed by atoms with Crippen molar-refractivity contribution in [3.05, 3.63) is 65.7 Å². The van der Waals surface area contributed by atoms with E-state index >= 15 is 0 Å². The molecule has 1 amide bonds. The maximum atomic E-state index is 14.1. The van der Waals surface area contributed by atoms with Gasteiger partial charge < -0.3 is 10.1 Å². The Morgan fingerprint density at radius 3 is 2.48 bits per heavy atom. The molecular formula is C24H28F2N2O3. The fraction of sp³-hybridized carbons (Fsp3) is 0.417. The van der Waals surface area contributed by atoms with Gasteiger partial charge in [0, 0.05) is 31.5 Å². The molecule has 0 unspecified atom stereocenters. The van der Waals surface area contributed by atoms with Gasteiger partial charge in [0.2, 0.25) is 5.91 Å². The lowest BCUT2D eigenvalue weighted by atomic mass is 9.97. The lowest BCUT2D eigenvalue weighted by Crippen LogP contribution is -2.55. The monoisotopic (exact) mass is 430 g/mol. The smallest absolute Gasteiger partial charge is 0.251 e. The van der Waals surface area contributed by atoms with Crippen LogP contribution in [0.3, 0.4) is 0 Å². The van der Waals surface area contributed by atoms with Crippen LogP contribution in [0.5, 0.6) is 5.75 Å². The van der Waals surface area contributed by atoms with E-state index in [2.05, 4.69) is 5.32 Å². The Labute approximate surface area is 181 Å². The van der Waals surface area contributed by atoms with Crippen molar-refractivity contribution < 1.29 is 23.1 Å². The van der Waals surface area contributed by atoms with Crippen molar-refractivity contribution in [2.45, 2.75) is 44.7 Å². The largest absolute Gasteiger partial charge is 0.492 e. The highest BCUT2D eigenvalue weighted by atomic mass is 19.3. The normalized spacial score (nSPS) is 19.4. The standard InChI is InChI=1S/C24H28F2N2O3/c1-17(19-8-10-20(11-9-19)18(2)29)27-23(30)22-16-24(25,26)12-13-28(22)14-15-31-21-6-4-3-5-7-21/h3-11,17,22H,12-16H2,1-2H3,(H,27,30)/t17-,22-/m0/s1. The number of piperidine rings is 1. The third-order valence-corrected chi connectivity index (χ3v) is 5.57. The zero-order valence-electron chi connectivity index (χ0n) is 17.8. The highest BCUT2D eigenvalue weighted by Gasteiger charge is 2.43. The molecule has 31 heavy (non-hydrogen) atoms. The van der Waals surface area contributed by atoms with Crippen LogP contribution in [0.2, 0.25) is 0 Å². The van der Waals surface area contributed by atoms with Crippen LogP contribution in [-0.4, -0.2) is 48.3 Å². The van der Waals surface area contributed by atoms with E-state index in [0.717, 1.165) is 5.56 Å². The van der Waals surface area contributed by atoms with Crippen LogP contribution in [0.15, 0.2) is 54.6 Å². The van der Waals surface area contributed by atoms with E-state index in [9.17, 15) is 18.4 Å². The number of rotatable bonds is 8.